The van der Waals surface area contributed by atoms with Crippen molar-refractivity contribution < 1.29 is 19.4 Å². The molecule has 2 N–H and O–H groups in total. The molecule has 108 valence electrons. The number of rotatable bonds is 8. The van der Waals surface area contributed by atoms with Crippen LogP contribution >= 0.6 is 0 Å². The maximum absolute atomic E-state index is 11.6. The van der Waals surface area contributed by atoms with Gasteiger partial charge in [0.25, 0.3) is 0 Å². The van der Waals surface area contributed by atoms with E-state index in [0.29, 0.717) is 30.9 Å². The molecule has 1 rings (SSSR count). The molecule has 0 radical (unpaired) electrons. The van der Waals surface area contributed by atoms with Crippen LogP contribution in [0.25, 0.3) is 6.08 Å². The van der Waals surface area contributed by atoms with E-state index in [4.69, 9.17) is 9.84 Å². The molecule has 20 heavy (non-hydrogen) atoms. The van der Waals surface area contributed by atoms with E-state index in [0.717, 1.165) is 12.5 Å². The number of carboxylic acid groups (broad SMARTS) is 1. The van der Waals surface area contributed by atoms with Gasteiger partial charge in [-0.3, -0.25) is 4.79 Å². The van der Waals surface area contributed by atoms with Crippen LogP contribution in [0.15, 0.2) is 30.3 Å². The number of ether oxygens (including phenoxy) is 1. The van der Waals surface area contributed by atoms with E-state index < -0.39 is 5.97 Å². The number of nitrogens with one attached hydrogen (secondary N) is 1. The molecule has 0 saturated carbocycles. The lowest BCUT2D eigenvalue weighted by Crippen LogP contribution is -2.14. The van der Waals surface area contributed by atoms with Crippen LogP contribution in [0.4, 0.5) is 5.69 Å². The molecule has 0 spiro atoms. The summed E-state index contributed by atoms with van der Waals surface area (Å²) in [6.45, 7) is 3.07. The van der Waals surface area contributed by atoms with Crippen LogP contribution in [0.2, 0.25) is 0 Å². The first kappa shape index (κ1) is 15.9. The van der Waals surface area contributed by atoms with Crippen LogP contribution in [0, 0.1) is 0 Å². The second kappa shape index (κ2) is 8.87. The summed E-state index contributed by atoms with van der Waals surface area (Å²) in [7, 11) is 0. The highest BCUT2D eigenvalue weighted by Crippen LogP contribution is 2.12. The number of amides is 1. The van der Waals surface area contributed by atoms with Gasteiger partial charge in [0, 0.05) is 18.4 Å². The molecule has 0 fully saturated rings. The first-order valence-electron chi connectivity index (χ1n) is 6.50. The number of carboxylic acids is 1. The lowest BCUT2D eigenvalue weighted by molar-refractivity contribution is -0.131. The van der Waals surface area contributed by atoms with Crippen molar-refractivity contribution in [2.45, 2.75) is 19.8 Å². The summed E-state index contributed by atoms with van der Waals surface area (Å²) in [4.78, 5) is 22.1. The normalized spacial score (nSPS) is 10.7. The molecule has 0 aliphatic carbocycles. The van der Waals surface area contributed by atoms with E-state index in [-0.39, 0.29) is 5.91 Å². The SMILES string of the molecule is CCCOCCC(=O)Nc1cccc(/C=C/C(=O)O)c1. The van der Waals surface area contributed by atoms with Gasteiger partial charge in [0.2, 0.25) is 5.91 Å². The van der Waals surface area contributed by atoms with Crippen LogP contribution in [-0.4, -0.2) is 30.2 Å². The maximum atomic E-state index is 11.6. The molecule has 5 nitrogen and oxygen atoms in total. The summed E-state index contributed by atoms with van der Waals surface area (Å²) in [5.41, 5.74) is 1.35. The third kappa shape index (κ3) is 6.70. The Morgan fingerprint density at radius 3 is 2.85 bits per heavy atom. The number of anilines is 1. The van der Waals surface area contributed by atoms with Gasteiger partial charge in [0.1, 0.15) is 0 Å². The Bertz CT molecular complexity index is 483. The Morgan fingerprint density at radius 2 is 2.15 bits per heavy atom. The quantitative estimate of drug-likeness (QED) is 0.565. The van der Waals surface area contributed by atoms with Crippen molar-refractivity contribution in [3.8, 4) is 0 Å². The molecule has 0 unspecified atom stereocenters. The fraction of sp³-hybridized carbons (Fsp3) is 0.333. The molecule has 0 atom stereocenters. The number of carbonyl (C=O) groups excluding carboxylic acids is 1. The highest BCUT2D eigenvalue weighted by atomic mass is 16.5. The lowest BCUT2D eigenvalue weighted by Gasteiger charge is -2.06. The Balaban J connectivity index is 2.49. The summed E-state index contributed by atoms with van der Waals surface area (Å²) in [5.74, 6) is -1.13. The van der Waals surface area contributed by atoms with Gasteiger partial charge in [-0.25, -0.2) is 4.79 Å². The maximum Gasteiger partial charge on any atom is 0.328 e. The smallest absolute Gasteiger partial charge is 0.328 e. The zero-order valence-electron chi connectivity index (χ0n) is 11.5. The summed E-state index contributed by atoms with van der Waals surface area (Å²) in [6, 6.07) is 6.98. The molecule has 1 amide bonds. The minimum absolute atomic E-state index is 0.125. The predicted molar refractivity (Wildman–Crippen MR) is 77.5 cm³/mol. The van der Waals surface area contributed by atoms with Crippen molar-refractivity contribution in [3.05, 3.63) is 35.9 Å². The number of aliphatic carboxylic acids is 1. The van der Waals surface area contributed by atoms with Crippen molar-refractivity contribution in [1.82, 2.24) is 0 Å². The van der Waals surface area contributed by atoms with Gasteiger partial charge in [0.05, 0.1) is 13.0 Å². The van der Waals surface area contributed by atoms with Crippen molar-refractivity contribution in [2.24, 2.45) is 0 Å². The highest BCUT2D eigenvalue weighted by molar-refractivity contribution is 5.91. The summed E-state index contributed by atoms with van der Waals surface area (Å²) < 4.78 is 5.24. The van der Waals surface area contributed by atoms with Crippen LogP contribution in [0.1, 0.15) is 25.3 Å². The van der Waals surface area contributed by atoms with Crippen LogP contribution in [0.3, 0.4) is 0 Å². The molecular weight excluding hydrogens is 258 g/mol. The summed E-state index contributed by atoms with van der Waals surface area (Å²) in [6.07, 6.45) is 3.76. The van der Waals surface area contributed by atoms with Crippen molar-refractivity contribution in [2.75, 3.05) is 18.5 Å². The monoisotopic (exact) mass is 277 g/mol. The van der Waals surface area contributed by atoms with Crippen LogP contribution in [0.5, 0.6) is 0 Å². The number of carbonyl (C=O) groups is 2. The predicted octanol–water partition coefficient (Wildman–Crippen LogP) is 2.54. The van der Waals surface area contributed by atoms with Crippen molar-refractivity contribution in [3.63, 3.8) is 0 Å². The second-order valence-corrected chi connectivity index (χ2v) is 4.21. The average molecular weight is 277 g/mol. The fourth-order valence-corrected chi connectivity index (χ4v) is 1.52. The van der Waals surface area contributed by atoms with Crippen molar-refractivity contribution >= 4 is 23.6 Å². The fourth-order valence-electron chi connectivity index (χ4n) is 1.52. The molecule has 1 aromatic carbocycles. The zero-order chi connectivity index (χ0) is 14.8. The van der Waals surface area contributed by atoms with E-state index >= 15 is 0 Å². The molecule has 0 aliphatic heterocycles. The molecule has 0 aliphatic rings. The second-order valence-electron chi connectivity index (χ2n) is 4.21. The van der Waals surface area contributed by atoms with Gasteiger partial charge < -0.3 is 15.2 Å². The molecule has 0 bridgehead atoms. The Labute approximate surface area is 118 Å². The molecule has 1 aromatic rings. The van der Waals surface area contributed by atoms with Gasteiger partial charge in [-0.2, -0.15) is 0 Å². The number of benzene rings is 1. The van der Waals surface area contributed by atoms with Crippen LogP contribution in [-0.2, 0) is 14.3 Å². The molecule has 0 aromatic heterocycles. The first-order chi connectivity index (χ1) is 9.61. The Kier molecular flexibility index (Phi) is 7.06. The zero-order valence-corrected chi connectivity index (χ0v) is 11.5. The standard InChI is InChI=1S/C15H19NO4/c1-2-9-20-10-8-14(17)16-13-5-3-4-12(11-13)6-7-15(18)19/h3-7,11H,2,8-10H2,1H3,(H,16,17)(H,18,19)/b7-6+. The average Bonchev–Trinajstić information content (AvgIpc) is 2.42. The van der Waals surface area contributed by atoms with E-state index in [1.165, 1.54) is 6.08 Å². The number of hydrogen-bond acceptors (Lipinski definition) is 3. The molecular formula is C15H19NO4. The van der Waals surface area contributed by atoms with Gasteiger partial charge in [-0.15, -0.1) is 0 Å². The largest absolute Gasteiger partial charge is 0.478 e. The number of hydrogen-bond donors (Lipinski definition) is 2. The molecule has 5 heteroatoms. The topological polar surface area (TPSA) is 75.6 Å². The molecule has 0 saturated heterocycles. The Morgan fingerprint density at radius 1 is 1.35 bits per heavy atom. The van der Waals surface area contributed by atoms with Crippen LogP contribution < -0.4 is 5.32 Å². The van der Waals surface area contributed by atoms with Gasteiger partial charge in [-0.05, 0) is 30.2 Å². The summed E-state index contributed by atoms with van der Waals surface area (Å²) >= 11 is 0. The minimum atomic E-state index is -1.01. The highest BCUT2D eigenvalue weighted by Gasteiger charge is 2.02. The third-order valence-electron chi connectivity index (χ3n) is 2.41. The van der Waals surface area contributed by atoms with Gasteiger partial charge in [0.15, 0.2) is 0 Å². The summed E-state index contributed by atoms with van der Waals surface area (Å²) in [5, 5.41) is 11.3. The third-order valence-corrected chi connectivity index (χ3v) is 2.41. The minimum Gasteiger partial charge on any atom is -0.478 e. The van der Waals surface area contributed by atoms with E-state index in [1.54, 1.807) is 24.3 Å². The van der Waals surface area contributed by atoms with Gasteiger partial charge in [-0.1, -0.05) is 19.1 Å². The van der Waals surface area contributed by atoms with E-state index in [2.05, 4.69) is 5.32 Å². The van der Waals surface area contributed by atoms with E-state index in [9.17, 15) is 9.59 Å². The Hall–Kier alpha value is -2.14. The van der Waals surface area contributed by atoms with E-state index in [1.807, 2.05) is 6.92 Å². The van der Waals surface area contributed by atoms with Gasteiger partial charge >= 0.3 is 5.97 Å². The lowest BCUT2D eigenvalue weighted by atomic mass is 10.2. The molecule has 0 heterocycles. The first-order valence-corrected chi connectivity index (χ1v) is 6.50. The van der Waals surface area contributed by atoms with Crippen molar-refractivity contribution in [1.29, 1.82) is 0 Å².